The van der Waals surface area contributed by atoms with Gasteiger partial charge in [-0.3, -0.25) is 0 Å². The first-order valence-electron chi connectivity index (χ1n) is 3.90. The maximum Gasteiger partial charge on any atom is 0.450 e. The molecule has 4 heteroatoms. The lowest BCUT2D eigenvalue weighted by atomic mass is 10.3. The third-order valence-electron chi connectivity index (χ3n) is 1.88. The highest BCUT2D eigenvalue weighted by Gasteiger charge is 2.17. The van der Waals surface area contributed by atoms with Crippen LogP contribution >= 0.6 is 11.6 Å². The Bertz CT molecular complexity index is 413. The van der Waals surface area contributed by atoms with Crippen LogP contribution < -0.4 is 4.57 Å². The zero-order chi connectivity index (χ0) is 8.55. The molecule has 66 valence electrons. The molecule has 0 spiro atoms. The van der Waals surface area contributed by atoms with Crippen LogP contribution in [0.25, 0.3) is 11.1 Å². The predicted molar refractivity (Wildman–Crippen MR) is 52.8 cm³/mol. The first-order valence-corrected chi connectivity index (χ1v) is 4.27. The van der Waals surface area contributed by atoms with Gasteiger partial charge in [0, 0.05) is 17.7 Å². The second kappa shape index (κ2) is 3.84. The summed E-state index contributed by atoms with van der Waals surface area (Å²) in [5, 5.41) is 0.443. The van der Waals surface area contributed by atoms with Gasteiger partial charge in [0.15, 0.2) is 6.54 Å². The molecular weight excluding hydrogens is 184 g/mol. The number of hydrogen-bond donors (Lipinski definition) is 0. The zero-order valence-electron chi connectivity index (χ0n) is 7.33. The van der Waals surface area contributed by atoms with E-state index < -0.39 is 0 Å². The van der Waals surface area contributed by atoms with Gasteiger partial charge < -0.3 is 12.8 Å². The fourth-order valence-electron chi connectivity index (χ4n) is 1.30. The molecule has 0 amide bonds. The van der Waals surface area contributed by atoms with Crippen LogP contribution in [0.15, 0.2) is 28.7 Å². The Morgan fingerprint density at radius 1 is 1.38 bits per heavy atom. The number of aromatic nitrogens is 1. The molecule has 1 aromatic carbocycles. The summed E-state index contributed by atoms with van der Waals surface area (Å²) in [4.78, 5) is 0. The van der Waals surface area contributed by atoms with Crippen LogP contribution in [0.2, 0.25) is 5.35 Å². The molecule has 0 fully saturated rings. The maximum absolute atomic E-state index is 5.86. The molecule has 2 aromatic rings. The van der Waals surface area contributed by atoms with Crippen molar-refractivity contribution in [3.05, 3.63) is 29.6 Å². The monoisotopic (exact) mass is 193 g/mol. The summed E-state index contributed by atoms with van der Waals surface area (Å²) in [5.41, 5.74) is 1.88. The number of oxazole rings is 1. The normalized spacial score (nSPS) is 10.0. The topological polar surface area (TPSA) is 17.0 Å². The van der Waals surface area contributed by atoms with Crippen molar-refractivity contribution in [3.8, 4) is 0 Å². The fraction of sp³-hybridized carbons (Fsp3) is 0.222. The summed E-state index contributed by atoms with van der Waals surface area (Å²) in [6, 6.07) is 7.81. The highest BCUT2D eigenvalue weighted by Crippen LogP contribution is 2.15. The van der Waals surface area contributed by atoms with E-state index in [0.29, 0.717) is 5.35 Å². The van der Waals surface area contributed by atoms with Crippen molar-refractivity contribution in [1.82, 2.24) is 0 Å². The first-order chi connectivity index (χ1) is 5.83. The first kappa shape index (κ1) is 10.1. The SMILES string of the molecule is CC[n+]1c(Cl)oc2ccccc21.[B-]. The predicted octanol–water partition coefficient (Wildman–Crippen LogP) is 2.01. The average molecular weight is 193 g/mol. The summed E-state index contributed by atoms with van der Waals surface area (Å²) < 4.78 is 7.25. The summed E-state index contributed by atoms with van der Waals surface area (Å²) in [7, 11) is 0. The van der Waals surface area contributed by atoms with Crippen molar-refractivity contribution in [2.24, 2.45) is 0 Å². The molecule has 2 rings (SSSR count). The highest BCUT2D eigenvalue weighted by molar-refractivity contribution is 6.27. The molecule has 0 aliphatic rings. The number of nitrogens with zero attached hydrogens (tertiary/aromatic N) is 1. The van der Waals surface area contributed by atoms with Crippen molar-refractivity contribution in [2.75, 3.05) is 0 Å². The van der Waals surface area contributed by atoms with Crippen LogP contribution in [0.4, 0.5) is 0 Å². The van der Waals surface area contributed by atoms with Crippen LogP contribution in [0.1, 0.15) is 6.92 Å². The number of benzene rings is 1. The zero-order valence-corrected chi connectivity index (χ0v) is 8.08. The largest absolute Gasteiger partial charge is 1.00 e. The van der Waals surface area contributed by atoms with Gasteiger partial charge in [0.1, 0.15) is 0 Å². The van der Waals surface area contributed by atoms with Gasteiger partial charge >= 0.3 is 5.35 Å². The van der Waals surface area contributed by atoms with Gasteiger partial charge in [-0.2, -0.15) is 0 Å². The van der Waals surface area contributed by atoms with Crippen LogP contribution in [-0.4, -0.2) is 8.41 Å². The van der Waals surface area contributed by atoms with Crippen LogP contribution in [0, 0.1) is 0 Å². The van der Waals surface area contributed by atoms with Gasteiger partial charge in [0.2, 0.25) is 5.58 Å². The summed E-state index contributed by atoms with van der Waals surface area (Å²) in [5.74, 6) is 0. The number of para-hydroxylation sites is 2. The molecule has 2 nitrogen and oxygen atoms in total. The van der Waals surface area contributed by atoms with E-state index in [1.807, 2.05) is 35.8 Å². The molecule has 0 N–H and O–H groups in total. The van der Waals surface area contributed by atoms with Gasteiger partial charge in [0.25, 0.3) is 5.52 Å². The number of aryl methyl sites for hydroxylation is 1. The summed E-state index contributed by atoms with van der Waals surface area (Å²) >= 11 is 5.86. The van der Waals surface area contributed by atoms with Gasteiger partial charge in [0.05, 0.1) is 0 Å². The Labute approximate surface area is 83.7 Å². The van der Waals surface area contributed by atoms with E-state index >= 15 is 0 Å². The molecule has 0 saturated carbocycles. The molecular formula is C9H9BClNO. The molecule has 13 heavy (non-hydrogen) atoms. The molecule has 1 heterocycles. The number of hydrogen-bond acceptors (Lipinski definition) is 1. The molecule has 0 aliphatic heterocycles. The van der Waals surface area contributed by atoms with E-state index in [1.165, 1.54) is 0 Å². The van der Waals surface area contributed by atoms with Gasteiger partial charge in [-0.25, -0.2) is 0 Å². The Morgan fingerprint density at radius 3 is 2.77 bits per heavy atom. The highest BCUT2D eigenvalue weighted by atomic mass is 35.5. The van der Waals surface area contributed by atoms with E-state index in [4.69, 9.17) is 16.0 Å². The second-order valence-electron chi connectivity index (χ2n) is 2.57. The maximum atomic E-state index is 5.86. The summed E-state index contributed by atoms with van der Waals surface area (Å²) in [6.45, 7) is 2.86. The minimum Gasteiger partial charge on any atom is -1.00 e. The van der Waals surface area contributed by atoms with E-state index in [1.54, 1.807) is 0 Å². The lowest BCUT2D eigenvalue weighted by Gasteiger charge is -1.84. The minimum atomic E-state index is 0. The quantitative estimate of drug-likeness (QED) is 0.500. The van der Waals surface area contributed by atoms with Gasteiger partial charge in [-0.05, 0) is 13.0 Å². The lowest BCUT2D eigenvalue weighted by molar-refractivity contribution is -0.670. The third kappa shape index (κ3) is 1.56. The van der Waals surface area contributed by atoms with Crippen molar-refractivity contribution in [2.45, 2.75) is 13.5 Å². The van der Waals surface area contributed by atoms with Crippen molar-refractivity contribution >= 4 is 31.1 Å². The molecule has 4 radical (unpaired) electrons. The Balaban J connectivity index is 0.000000845. The van der Waals surface area contributed by atoms with E-state index in [2.05, 4.69) is 0 Å². The number of rotatable bonds is 1. The van der Waals surface area contributed by atoms with Crippen molar-refractivity contribution in [3.63, 3.8) is 0 Å². The molecule has 1 aromatic heterocycles. The fourth-order valence-corrected chi connectivity index (χ4v) is 1.60. The Morgan fingerprint density at radius 2 is 2.08 bits per heavy atom. The molecule has 0 atom stereocenters. The Hall–Kier alpha value is -0.955. The third-order valence-corrected chi connectivity index (χ3v) is 2.16. The van der Waals surface area contributed by atoms with Crippen molar-refractivity contribution in [1.29, 1.82) is 0 Å². The smallest absolute Gasteiger partial charge is 0.450 e. The second-order valence-corrected chi connectivity index (χ2v) is 2.89. The van der Waals surface area contributed by atoms with Crippen molar-refractivity contribution < 1.29 is 8.98 Å². The lowest BCUT2D eigenvalue weighted by Crippen LogP contribution is -2.31. The molecule has 0 saturated heterocycles. The van der Waals surface area contributed by atoms with Crippen LogP contribution in [0.3, 0.4) is 0 Å². The Kier molecular flexibility index (Phi) is 2.99. The van der Waals surface area contributed by atoms with E-state index in [9.17, 15) is 0 Å². The van der Waals surface area contributed by atoms with Crippen LogP contribution in [0.5, 0.6) is 0 Å². The van der Waals surface area contributed by atoms with Gasteiger partial charge in [-0.1, -0.05) is 12.1 Å². The van der Waals surface area contributed by atoms with Gasteiger partial charge in [-0.15, -0.1) is 4.57 Å². The molecule has 0 bridgehead atoms. The molecule has 0 aliphatic carbocycles. The standard InChI is InChI=1S/C9H9ClNO.B/c1-2-11-7-5-3-4-6-8(7)12-9(11)10;/h3-6H,2H2,1H3;/q+1;-1. The molecule has 0 unspecified atom stereocenters. The van der Waals surface area contributed by atoms with E-state index in [-0.39, 0.29) is 8.41 Å². The van der Waals surface area contributed by atoms with E-state index in [0.717, 1.165) is 17.6 Å². The average Bonchev–Trinajstić information content (AvgIpc) is 2.40. The minimum absolute atomic E-state index is 0. The number of fused-ring (bicyclic) bond motifs is 1. The van der Waals surface area contributed by atoms with Crippen LogP contribution in [-0.2, 0) is 6.54 Å². The summed E-state index contributed by atoms with van der Waals surface area (Å²) in [6.07, 6.45) is 0. The number of halogens is 1.